The fraction of sp³-hybridized carbons (Fsp3) is 0.364. The second-order valence-electron chi connectivity index (χ2n) is 4.10. The van der Waals surface area contributed by atoms with E-state index in [-0.39, 0.29) is 23.7 Å². The van der Waals surface area contributed by atoms with Crippen molar-refractivity contribution in [3.8, 4) is 0 Å². The number of carbonyl (C=O) groups is 1. The van der Waals surface area contributed by atoms with Crippen LogP contribution in [-0.4, -0.2) is 16.9 Å². The van der Waals surface area contributed by atoms with Gasteiger partial charge in [0, 0.05) is 24.6 Å². The molecular weight excluding hydrogens is 222 g/mol. The zero-order valence-electron chi connectivity index (χ0n) is 9.13. The molecule has 0 spiro atoms. The molecule has 1 aliphatic rings. The summed E-state index contributed by atoms with van der Waals surface area (Å²) >= 11 is 0. The predicted molar refractivity (Wildman–Crippen MR) is 61.2 cm³/mol. The molecule has 0 aliphatic carbocycles. The molecule has 1 heterocycles. The molecule has 1 aromatic rings. The molecule has 0 bridgehead atoms. The molecule has 1 aromatic carbocycles. The zero-order chi connectivity index (χ0) is 12.4. The molecule has 1 amide bonds. The average Bonchev–Trinajstić information content (AvgIpc) is 2.32. The standard InChI is InChI=1S/C11H13N3O3/c12-9-4-5-10(15)13-11(9)7-2-1-3-8(6-7)14(16)17/h1-3,6,9,11H,4-5,12H2,(H,13,15). The monoisotopic (exact) mass is 235 g/mol. The first-order valence-electron chi connectivity index (χ1n) is 5.37. The van der Waals surface area contributed by atoms with Crippen LogP contribution in [0.4, 0.5) is 5.69 Å². The minimum Gasteiger partial charge on any atom is -0.348 e. The van der Waals surface area contributed by atoms with E-state index in [0.29, 0.717) is 18.4 Å². The van der Waals surface area contributed by atoms with Crippen LogP contribution in [0.15, 0.2) is 24.3 Å². The summed E-state index contributed by atoms with van der Waals surface area (Å²) in [5.41, 5.74) is 6.60. The van der Waals surface area contributed by atoms with Gasteiger partial charge in [-0.25, -0.2) is 0 Å². The molecule has 1 saturated heterocycles. The fourth-order valence-electron chi connectivity index (χ4n) is 1.98. The van der Waals surface area contributed by atoms with E-state index in [1.165, 1.54) is 12.1 Å². The molecular formula is C11H13N3O3. The van der Waals surface area contributed by atoms with Gasteiger partial charge in [-0.3, -0.25) is 14.9 Å². The van der Waals surface area contributed by atoms with Crippen molar-refractivity contribution in [2.45, 2.75) is 24.9 Å². The Kier molecular flexibility index (Phi) is 3.06. The highest BCUT2D eigenvalue weighted by Gasteiger charge is 2.27. The van der Waals surface area contributed by atoms with E-state index in [1.54, 1.807) is 12.1 Å². The van der Waals surface area contributed by atoms with Crippen LogP contribution in [0.2, 0.25) is 0 Å². The van der Waals surface area contributed by atoms with E-state index >= 15 is 0 Å². The molecule has 6 heteroatoms. The molecule has 3 N–H and O–H groups in total. The molecule has 2 atom stereocenters. The predicted octanol–water partition coefficient (Wildman–Crippen LogP) is 0.873. The first-order chi connectivity index (χ1) is 8.08. The summed E-state index contributed by atoms with van der Waals surface area (Å²) in [4.78, 5) is 21.5. The lowest BCUT2D eigenvalue weighted by atomic mass is 9.92. The van der Waals surface area contributed by atoms with Crippen LogP contribution >= 0.6 is 0 Å². The Balaban J connectivity index is 2.29. The molecule has 0 radical (unpaired) electrons. The quantitative estimate of drug-likeness (QED) is 0.587. The minimum absolute atomic E-state index is 0.00882. The second kappa shape index (κ2) is 4.50. The van der Waals surface area contributed by atoms with Crippen LogP contribution in [0.5, 0.6) is 0 Å². The van der Waals surface area contributed by atoms with E-state index in [4.69, 9.17) is 5.73 Å². The van der Waals surface area contributed by atoms with Gasteiger partial charge in [0.25, 0.3) is 5.69 Å². The van der Waals surface area contributed by atoms with Gasteiger partial charge in [-0.05, 0) is 12.0 Å². The van der Waals surface area contributed by atoms with Crippen molar-refractivity contribution < 1.29 is 9.72 Å². The number of non-ortho nitro benzene ring substituents is 1. The van der Waals surface area contributed by atoms with E-state index in [9.17, 15) is 14.9 Å². The number of nitro benzene ring substituents is 1. The number of benzene rings is 1. The smallest absolute Gasteiger partial charge is 0.269 e. The van der Waals surface area contributed by atoms with Crippen LogP contribution < -0.4 is 11.1 Å². The number of hydrogen-bond acceptors (Lipinski definition) is 4. The summed E-state index contributed by atoms with van der Waals surface area (Å²) in [5.74, 6) is -0.0665. The van der Waals surface area contributed by atoms with Gasteiger partial charge >= 0.3 is 0 Å². The van der Waals surface area contributed by atoms with Crippen LogP contribution in [0.1, 0.15) is 24.4 Å². The highest BCUT2D eigenvalue weighted by atomic mass is 16.6. The number of nitrogens with zero attached hydrogens (tertiary/aromatic N) is 1. The fourth-order valence-corrected chi connectivity index (χ4v) is 1.98. The van der Waals surface area contributed by atoms with Crippen LogP contribution in [0.25, 0.3) is 0 Å². The molecule has 90 valence electrons. The number of nitrogens with two attached hydrogens (primary N) is 1. The van der Waals surface area contributed by atoms with Crippen molar-refractivity contribution in [2.75, 3.05) is 0 Å². The van der Waals surface area contributed by atoms with Gasteiger partial charge in [0.1, 0.15) is 0 Å². The molecule has 1 aliphatic heterocycles. The Morgan fingerprint density at radius 3 is 2.94 bits per heavy atom. The van der Waals surface area contributed by atoms with Gasteiger partial charge in [-0.1, -0.05) is 12.1 Å². The molecule has 6 nitrogen and oxygen atoms in total. The van der Waals surface area contributed by atoms with E-state index in [1.807, 2.05) is 0 Å². The van der Waals surface area contributed by atoms with Gasteiger partial charge in [0.2, 0.25) is 5.91 Å². The largest absolute Gasteiger partial charge is 0.348 e. The number of hydrogen-bond donors (Lipinski definition) is 2. The van der Waals surface area contributed by atoms with Crippen LogP contribution in [0.3, 0.4) is 0 Å². The third kappa shape index (κ3) is 2.42. The maximum absolute atomic E-state index is 11.3. The molecule has 0 saturated carbocycles. The summed E-state index contributed by atoms with van der Waals surface area (Å²) in [6.45, 7) is 0. The van der Waals surface area contributed by atoms with Crippen LogP contribution in [0, 0.1) is 10.1 Å². The van der Waals surface area contributed by atoms with Crippen molar-refractivity contribution in [3.63, 3.8) is 0 Å². The highest BCUT2D eigenvalue weighted by Crippen LogP contribution is 2.25. The summed E-state index contributed by atoms with van der Waals surface area (Å²) in [6.07, 6.45) is 1.01. The number of piperidine rings is 1. The van der Waals surface area contributed by atoms with E-state index in [2.05, 4.69) is 5.32 Å². The Bertz CT molecular complexity index is 461. The van der Waals surface area contributed by atoms with Gasteiger partial charge in [0.05, 0.1) is 11.0 Å². The van der Waals surface area contributed by atoms with Gasteiger partial charge in [-0.15, -0.1) is 0 Å². The normalized spacial score (nSPS) is 24.2. The second-order valence-corrected chi connectivity index (χ2v) is 4.10. The van der Waals surface area contributed by atoms with Crippen molar-refractivity contribution in [3.05, 3.63) is 39.9 Å². The Labute approximate surface area is 98.0 Å². The summed E-state index contributed by atoms with van der Waals surface area (Å²) in [7, 11) is 0. The van der Waals surface area contributed by atoms with Crippen molar-refractivity contribution >= 4 is 11.6 Å². The average molecular weight is 235 g/mol. The van der Waals surface area contributed by atoms with Gasteiger partial charge in [0.15, 0.2) is 0 Å². The van der Waals surface area contributed by atoms with E-state index < -0.39 is 4.92 Å². The topological polar surface area (TPSA) is 98.3 Å². The van der Waals surface area contributed by atoms with Crippen molar-refractivity contribution in [1.82, 2.24) is 5.32 Å². The zero-order valence-corrected chi connectivity index (χ0v) is 9.13. The minimum atomic E-state index is -0.459. The molecule has 2 rings (SSSR count). The maximum Gasteiger partial charge on any atom is 0.269 e. The summed E-state index contributed by atoms with van der Waals surface area (Å²) in [5, 5.41) is 13.4. The number of carbonyl (C=O) groups excluding carboxylic acids is 1. The number of nitrogens with one attached hydrogen (secondary N) is 1. The number of nitro groups is 1. The lowest BCUT2D eigenvalue weighted by Crippen LogP contribution is -2.45. The SMILES string of the molecule is NC1CCC(=O)NC1c1cccc([N+](=O)[O-])c1. The lowest BCUT2D eigenvalue weighted by molar-refractivity contribution is -0.384. The Morgan fingerprint density at radius 2 is 2.24 bits per heavy atom. The summed E-state index contributed by atoms with van der Waals surface area (Å²) < 4.78 is 0. The third-order valence-electron chi connectivity index (χ3n) is 2.89. The Morgan fingerprint density at radius 1 is 1.47 bits per heavy atom. The molecule has 1 fully saturated rings. The molecule has 17 heavy (non-hydrogen) atoms. The first-order valence-corrected chi connectivity index (χ1v) is 5.37. The number of rotatable bonds is 2. The van der Waals surface area contributed by atoms with Gasteiger partial charge < -0.3 is 11.1 Å². The Hall–Kier alpha value is -1.95. The highest BCUT2D eigenvalue weighted by molar-refractivity contribution is 5.77. The van der Waals surface area contributed by atoms with Crippen LogP contribution in [-0.2, 0) is 4.79 Å². The summed E-state index contributed by atoms with van der Waals surface area (Å²) in [6, 6.07) is 5.67. The third-order valence-corrected chi connectivity index (χ3v) is 2.89. The molecule has 0 aromatic heterocycles. The molecule has 2 unspecified atom stereocenters. The van der Waals surface area contributed by atoms with Crippen molar-refractivity contribution in [2.24, 2.45) is 5.73 Å². The lowest BCUT2D eigenvalue weighted by Gasteiger charge is -2.29. The number of amides is 1. The van der Waals surface area contributed by atoms with Crippen molar-refractivity contribution in [1.29, 1.82) is 0 Å². The first kappa shape index (κ1) is 11.5. The van der Waals surface area contributed by atoms with E-state index in [0.717, 1.165) is 0 Å². The maximum atomic E-state index is 11.3. The van der Waals surface area contributed by atoms with Gasteiger partial charge in [-0.2, -0.15) is 0 Å².